The number of ketones is 1. The van der Waals surface area contributed by atoms with Crippen LogP contribution in [0.4, 0.5) is 10.8 Å². The Labute approximate surface area is 177 Å². The van der Waals surface area contributed by atoms with E-state index in [4.69, 9.17) is 5.11 Å². The average molecular weight is 414 g/mol. The molecule has 2 N–H and O–H groups in total. The number of benzene rings is 3. The Hall–Kier alpha value is -3.51. The number of rotatable bonds is 6. The van der Waals surface area contributed by atoms with Gasteiger partial charge in [0.05, 0.1) is 16.1 Å². The highest BCUT2D eigenvalue weighted by Crippen LogP contribution is 2.41. The van der Waals surface area contributed by atoms with Gasteiger partial charge in [0.15, 0.2) is 10.9 Å². The summed E-state index contributed by atoms with van der Waals surface area (Å²) in [5.74, 6) is -1.86. The van der Waals surface area contributed by atoms with Gasteiger partial charge in [-0.3, -0.25) is 9.59 Å². The van der Waals surface area contributed by atoms with Crippen molar-refractivity contribution in [3.05, 3.63) is 78.4 Å². The molecule has 0 radical (unpaired) electrons. The SMILES string of the molecule is O=C(O)[C@@H]1C[C@H]1C(=O)c1ccc(-c2ccc(Nc3nc4ccccc4s3)cc2)cc1. The number of thiazole rings is 1. The molecule has 3 aromatic carbocycles. The molecule has 0 bridgehead atoms. The van der Waals surface area contributed by atoms with Gasteiger partial charge in [-0.1, -0.05) is 59.9 Å². The van der Waals surface area contributed by atoms with E-state index in [2.05, 4.69) is 16.4 Å². The van der Waals surface area contributed by atoms with Crippen LogP contribution in [0.3, 0.4) is 0 Å². The first-order valence-corrected chi connectivity index (χ1v) is 10.5. The summed E-state index contributed by atoms with van der Waals surface area (Å²) in [6.07, 6.45) is 0.443. The number of aromatic nitrogens is 1. The zero-order valence-corrected chi connectivity index (χ0v) is 16.7. The largest absolute Gasteiger partial charge is 0.481 e. The van der Waals surface area contributed by atoms with Gasteiger partial charge in [-0.15, -0.1) is 0 Å². The number of nitrogens with zero attached hydrogens (tertiary/aromatic N) is 1. The van der Waals surface area contributed by atoms with Crippen molar-refractivity contribution in [2.45, 2.75) is 6.42 Å². The lowest BCUT2D eigenvalue weighted by Crippen LogP contribution is -2.08. The molecule has 1 aliphatic rings. The Bertz CT molecular complexity index is 1210. The van der Waals surface area contributed by atoms with Crippen LogP contribution in [0.1, 0.15) is 16.8 Å². The summed E-state index contributed by atoms with van der Waals surface area (Å²) in [5, 5.41) is 13.2. The maximum Gasteiger partial charge on any atom is 0.307 e. The van der Waals surface area contributed by atoms with Crippen LogP contribution in [0.15, 0.2) is 72.8 Å². The Balaban J connectivity index is 1.28. The Kier molecular flexibility index (Phi) is 4.56. The van der Waals surface area contributed by atoms with Gasteiger partial charge < -0.3 is 10.4 Å². The summed E-state index contributed by atoms with van der Waals surface area (Å²) in [7, 11) is 0. The number of hydrogen-bond donors (Lipinski definition) is 2. The third-order valence-electron chi connectivity index (χ3n) is 5.38. The molecule has 4 aromatic rings. The lowest BCUT2D eigenvalue weighted by Gasteiger charge is -2.06. The van der Waals surface area contributed by atoms with Gasteiger partial charge in [0.1, 0.15) is 0 Å². The summed E-state index contributed by atoms with van der Waals surface area (Å²) >= 11 is 1.62. The summed E-state index contributed by atoms with van der Waals surface area (Å²) in [5.41, 5.74) is 4.55. The van der Waals surface area contributed by atoms with Crippen molar-refractivity contribution in [3.63, 3.8) is 0 Å². The minimum Gasteiger partial charge on any atom is -0.481 e. The van der Waals surface area contributed by atoms with Crippen molar-refractivity contribution in [3.8, 4) is 11.1 Å². The Morgan fingerprint density at radius 3 is 2.20 bits per heavy atom. The van der Waals surface area contributed by atoms with Crippen molar-refractivity contribution < 1.29 is 14.7 Å². The number of Topliss-reactive ketones (excluding diaryl/α,β-unsaturated/α-hetero) is 1. The minimum absolute atomic E-state index is 0.0793. The molecule has 0 saturated heterocycles. The molecular formula is C24H18N2O3S. The average Bonchev–Trinajstić information content (AvgIpc) is 3.47. The molecule has 148 valence electrons. The van der Waals surface area contributed by atoms with E-state index in [-0.39, 0.29) is 11.7 Å². The summed E-state index contributed by atoms with van der Waals surface area (Å²) in [4.78, 5) is 27.9. The van der Waals surface area contributed by atoms with Gasteiger partial charge in [0, 0.05) is 17.2 Å². The molecule has 2 atom stereocenters. The molecule has 1 fully saturated rings. The van der Waals surface area contributed by atoms with Gasteiger partial charge in [-0.05, 0) is 41.8 Å². The van der Waals surface area contributed by atoms with Crippen LogP contribution in [-0.2, 0) is 4.79 Å². The van der Waals surface area contributed by atoms with Crippen molar-refractivity contribution in [1.29, 1.82) is 0 Å². The molecule has 1 saturated carbocycles. The van der Waals surface area contributed by atoms with Crippen LogP contribution in [0.5, 0.6) is 0 Å². The molecule has 1 aromatic heterocycles. The maximum atomic E-state index is 12.4. The van der Waals surface area contributed by atoms with Crippen LogP contribution in [0.25, 0.3) is 21.3 Å². The van der Waals surface area contributed by atoms with Crippen LogP contribution in [0.2, 0.25) is 0 Å². The first kappa shape index (κ1) is 18.5. The summed E-state index contributed by atoms with van der Waals surface area (Å²) < 4.78 is 1.15. The number of carbonyl (C=O) groups is 2. The zero-order valence-electron chi connectivity index (χ0n) is 15.9. The number of carboxylic acids is 1. The third kappa shape index (κ3) is 3.57. The molecule has 5 nitrogen and oxygen atoms in total. The number of nitrogens with one attached hydrogen (secondary N) is 1. The van der Waals surface area contributed by atoms with E-state index < -0.39 is 11.9 Å². The van der Waals surface area contributed by atoms with Crippen LogP contribution in [-0.4, -0.2) is 21.8 Å². The van der Waals surface area contributed by atoms with E-state index in [1.807, 2.05) is 54.6 Å². The van der Waals surface area contributed by atoms with E-state index in [9.17, 15) is 9.59 Å². The highest BCUT2D eigenvalue weighted by Gasteiger charge is 2.48. The molecule has 0 aliphatic heterocycles. The molecule has 1 aliphatic carbocycles. The van der Waals surface area contributed by atoms with Gasteiger partial charge >= 0.3 is 5.97 Å². The van der Waals surface area contributed by atoms with Crippen molar-refractivity contribution in [1.82, 2.24) is 4.98 Å². The van der Waals surface area contributed by atoms with Crippen LogP contribution < -0.4 is 5.32 Å². The standard InChI is InChI=1S/C24H18N2O3S/c27-22(18-13-19(18)23(28)29)16-7-5-14(6-8-16)15-9-11-17(12-10-15)25-24-26-20-3-1-2-4-21(20)30-24/h1-12,18-19H,13H2,(H,25,26)(H,28,29)/t18-,19-/m1/s1. The quantitative estimate of drug-likeness (QED) is 0.401. The number of carboxylic acid groups (broad SMARTS) is 1. The fraction of sp³-hybridized carbons (Fsp3) is 0.125. The second-order valence-electron chi connectivity index (χ2n) is 7.42. The van der Waals surface area contributed by atoms with Crippen molar-refractivity contribution >= 4 is 44.1 Å². The van der Waals surface area contributed by atoms with Crippen molar-refractivity contribution in [2.24, 2.45) is 11.8 Å². The van der Waals surface area contributed by atoms with E-state index in [0.717, 1.165) is 32.2 Å². The van der Waals surface area contributed by atoms with E-state index in [0.29, 0.717) is 12.0 Å². The summed E-state index contributed by atoms with van der Waals surface area (Å²) in [6, 6.07) is 23.5. The Morgan fingerprint density at radius 1 is 0.900 bits per heavy atom. The highest BCUT2D eigenvalue weighted by molar-refractivity contribution is 7.22. The molecule has 0 spiro atoms. The normalized spacial score (nSPS) is 17.6. The van der Waals surface area contributed by atoms with Gasteiger partial charge in [-0.25, -0.2) is 4.98 Å². The molecule has 0 amide bonds. The van der Waals surface area contributed by atoms with Gasteiger partial charge in [-0.2, -0.15) is 0 Å². The topological polar surface area (TPSA) is 79.3 Å². The zero-order chi connectivity index (χ0) is 20.7. The minimum atomic E-state index is -0.885. The molecule has 0 unspecified atom stereocenters. The van der Waals surface area contributed by atoms with E-state index in [1.165, 1.54) is 0 Å². The van der Waals surface area contributed by atoms with Gasteiger partial charge in [0.2, 0.25) is 0 Å². The van der Waals surface area contributed by atoms with Crippen molar-refractivity contribution in [2.75, 3.05) is 5.32 Å². The number of aliphatic carboxylic acids is 1. The maximum absolute atomic E-state index is 12.4. The Morgan fingerprint density at radius 2 is 1.57 bits per heavy atom. The van der Waals surface area contributed by atoms with Gasteiger partial charge in [0.25, 0.3) is 0 Å². The lowest BCUT2D eigenvalue weighted by molar-refractivity contribution is -0.138. The fourth-order valence-corrected chi connectivity index (χ4v) is 4.48. The number of anilines is 2. The molecule has 6 heteroatoms. The molecule has 5 rings (SSSR count). The van der Waals surface area contributed by atoms with E-state index in [1.54, 1.807) is 23.5 Å². The second kappa shape index (κ2) is 7.39. The molecular weight excluding hydrogens is 396 g/mol. The van der Waals surface area contributed by atoms with Crippen LogP contribution >= 0.6 is 11.3 Å². The lowest BCUT2D eigenvalue weighted by atomic mass is 10.0. The first-order chi connectivity index (χ1) is 14.6. The number of hydrogen-bond acceptors (Lipinski definition) is 5. The third-order valence-corrected chi connectivity index (χ3v) is 6.33. The highest BCUT2D eigenvalue weighted by atomic mass is 32.1. The smallest absolute Gasteiger partial charge is 0.307 e. The second-order valence-corrected chi connectivity index (χ2v) is 8.45. The van der Waals surface area contributed by atoms with E-state index >= 15 is 0 Å². The van der Waals surface area contributed by atoms with Crippen LogP contribution in [0, 0.1) is 11.8 Å². The predicted molar refractivity (Wildman–Crippen MR) is 118 cm³/mol. The first-order valence-electron chi connectivity index (χ1n) is 9.68. The number of fused-ring (bicyclic) bond motifs is 1. The predicted octanol–water partition coefficient (Wildman–Crippen LogP) is 5.61. The summed E-state index contributed by atoms with van der Waals surface area (Å²) in [6.45, 7) is 0. The molecule has 1 heterocycles. The number of carbonyl (C=O) groups excluding carboxylic acids is 1. The fourth-order valence-electron chi connectivity index (χ4n) is 3.59. The number of para-hydroxylation sites is 1. The molecule has 30 heavy (non-hydrogen) atoms. The monoisotopic (exact) mass is 414 g/mol.